The lowest BCUT2D eigenvalue weighted by molar-refractivity contribution is -0.153. The molecule has 5 nitrogen and oxygen atoms in total. The minimum Gasteiger partial charge on any atom is -0.493 e. The van der Waals surface area contributed by atoms with Gasteiger partial charge in [-0.1, -0.05) is 35.3 Å². The summed E-state index contributed by atoms with van der Waals surface area (Å²) in [5.41, 5.74) is 1.42. The van der Waals surface area contributed by atoms with E-state index in [0.29, 0.717) is 21.5 Å². The van der Waals surface area contributed by atoms with Crippen LogP contribution in [-0.4, -0.2) is 24.6 Å². The number of benzene rings is 2. The first-order valence-electron chi connectivity index (χ1n) is 8.00. The molecule has 0 aromatic heterocycles. The van der Waals surface area contributed by atoms with Gasteiger partial charge in [-0.25, -0.2) is 0 Å². The van der Waals surface area contributed by atoms with Crippen LogP contribution in [0.4, 0.5) is 5.69 Å². The highest BCUT2D eigenvalue weighted by Crippen LogP contribution is 2.25. The average Bonchev–Trinajstić information content (AvgIpc) is 2.58. The highest BCUT2D eigenvalue weighted by molar-refractivity contribution is 6.35. The molecule has 2 rings (SSSR count). The van der Waals surface area contributed by atoms with Crippen LogP contribution >= 0.6 is 23.2 Å². The van der Waals surface area contributed by atoms with E-state index in [1.165, 1.54) is 13.0 Å². The number of hydrogen-bond donors (Lipinski definition) is 1. The van der Waals surface area contributed by atoms with E-state index in [4.69, 9.17) is 32.7 Å². The van der Waals surface area contributed by atoms with Gasteiger partial charge in [0.2, 0.25) is 0 Å². The van der Waals surface area contributed by atoms with Crippen molar-refractivity contribution in [2.45, 2.75) is 26.4 Å². The molecule has 0 spiro atoms. The summed E-state index contributed by atoms with van der Waals surface area (Å²) in [6.45, 7) is 3.59. The Bertz CT molecular complexity index is 795. The van der Waals surface area contributed by atoms with Crippen molar-refractivity contribution in [3.05, 3.63) is 58.1 Å². The summed E-state index contributed by atoms with van der Waals surface area (Å²) in [5.74, 6) is -0.348. The molecule has 26 heavy (non-hydrogen) atoms. The Morgan fingerprint density at radius 3 is 2.65 bits per heavy atom. The van der Waals surface area contributed by atoms with Crippen molar-refractivity contribution in [2.75, 3.05) is 11.9 Å². The summed E-state index contributed by atoms with van der Waals surface area (Å²) in [6.07, 6.45) is -0.944. The largest absolute Gasteiger partial charge is 0.493 e. The number of carbonyl (C=O) groups excluding carboxylic acids is 2. The maximum absolute atomic E-state index is 12.1. The molecule has 0 fully saturated rings. The van der Waals surface area contributed by atoms with Gasteiger partial charge in [-0.05, 0) is 49.7 Å². The van der Waals surface area contributed by atoms with Crippen LogP contribution in [0.1, 0.15) is 18.9 Å². The lowest BCUT2D eigenvalue weighted by atomic mass is 10.2. The maximum atomic E-state index is 12.1. The smallest absolute Gasteiger partial charge is 0.310 e. The van der Waals surface area contributed by atoms with Crippen molar-refractivity contribution in [2.24, 2.45) is 0 Å². The summed E-state index contributed by atoms with van der Waals surface area (Å²) in [5, 5.41) is 3.35. The molecule has 0 radical (unpaired) electrons. The third-order valence-electron chi connectivity index (χ3n) is 3.43. The fourth-order valence-electron chi connectivity index (χ4n) is 2.09. The molecule has 2 aromatic carbocycles. The van der Waals surface area contributed by atoms with Gasteiger partial charge in [-0.3, -0.25) is 9.59 Å². The number of halogens is 2. The molecule has 7 heteroatoms. The van der Waals surface area contributed by atoms with Crippen molar-refractivity contribution >= 4 is 40.8 Å². The van der Waals surface area contributed by atoms with Gasteiger partial charge in [0.25, 0.3) is 5.91 Å². The molecule has 1 N–H and O–H groups in total. The molecule has 0 bridgehead atoms. The van der Waals surface area contributed by atoms with Gasteiger partial charge in [0.05, 0.1) is 23.7 Å². The highest BCUT2D eigenvalue weighted by atomic mass is 35.5. The molecule has 0 heterocycles. The number of ether oxygens (including phenoxy) is 2. The Morgan fingerprint density at radius 1 is 1.15 bits per heavy atom. The Balaban J connectivity index is 1.78. The fourth-order valence-corrected chi connectivity index (χ4v) is 2.43. The highest BCUT2D eigenvalue weighted by Gasteiger charge is 2.19. The van der Waals surface area contributed by atoms with E-state index in [1.54, 1.807) is 12.1 Å². The number of hydrogen-bond acceptors (Lipinski definition) is 4. The lowest BCUT2D eigenvalue weighted by Crippen LogP contribution is -2.30. The molecule has 2 aromatic rings. The van der Waals surface area contributed by atoms with Gasteiger partial charge in [0, 0.05) is 5.02 Å². The molecule has 1 amide bonds. The van der Waals surface area contributed by atoms with Crippen LogP contribution in [0, 0.1) is 6.92 Å². The van der Waals surface area contributed by atoms with Crippen LogP contribution in [-0.2, 0) is 14.3 Å². The number of nitrogens with one attached hydrogen (secondary N) is 1. The minimum absolute atomic E-state index is 0.0312. The standard InChI is InChI=1S/C19H19Cl2NO4/c1-12-4-3-5-15(10-12)25-9-8-18(23)26-13(2)19(24)22-17-11-14(20)6-7-16(17)21/h3-7,10-11,13H,8-9H2,1-2H3,(H,22,24). The van der Waals surface area contributed by atoms with E-state index < -0.39 is 18.0 Å². The number of esters is 1. The number of anilines is 1. The molecule has 0 saturated heterocycles. The normalized spacial score (nSPS) is 11.5. The zero-order valence-corrected chi connectivity index (χ0v) is 15.9. The summed E-state index contributed by atoms with van der Waals surface area (Å²) in [7, 11) is 0. The van der Waals surface area contributed by atoms with Gasteiger partial charge in [0.1, 0.15) is 5.75 Å². The summed E-state index contributed by atoms with van der Waals surface area (Å²) in [4.78, 5) is 24.0. The molecular formula is C19H19Cl2NO4. The van der Waals surface area contributed by atoms with Crippen LogP contribution in [0.5, 0.6) is 5.75 Å². The van der Waals surface area contributed by atoms with Crippen molar-refractivity contribution in [1.29, 1.82) is 0 Å². The first-order valence-corrected chi connectivity index (χ1v) is 8.75. The summed E-state index contributed by atoms with van der Waals surface area (Å²) < 4.78 is 10.6. The molecule has 1 unspecified atom stereocenters. The maximum Gasteiger partial charge on any atom is 0.310 e. The Morgan fingerprint density at radius 2 is 1.92 bits per heavy atom. The number of carbonyl (C=O) groups is 2. The Hall–Kier alpha value is -2.24. The summed E-state index contributed by atoms with van der Waals surface area (Å²) in [6, 6.07) is 12.2. The molecule has 138 valence electrons. The summed E-state index contributed by atoms with van der Waals surface area (Å²) >= 11 is 11.9. The monoisotopic (exact) mass is 395 g/mol. The zero-order chi connectivity index (χ0) is 19.1. The average molecular weight is 396 g/mol. The van der Waals surface area contributed by atoms with E-state index in [-0.39, 0.29) is 13.0 Å². The molecule has 1 atom stereocenters. The van der Waals surface area contributed by atoms with E-state index in [1.807, 2.05) is 31.2 Å². The molecule has 0 aliphatic carbocycles. The Kier molecular flexibility index (Phi) is 7.30. The second-order valence-electron chi connectivity index (χ2n) is 5.66. The number of amides is 1. The van der Waals surface area contributed by atoms with Crippen LogP contribution < -0.4 is 10.1 Å². The second-order valence-corrected chi connectivity index (χ2v) is 6.50. The van der Waals surface area contributed by atoms with E-state index >= 15 is 0 Å². The second kappa shape index (κ2) is 9.46. The Labute approximate surface area is 162 Å². The fraction of sp³-hybridized carbons (Fsp3) is 0.263. The quantitative estimate of drug-likeness (QED) is 0.693. The predicted octanol–water partition coefficient (Wildman–Crippen LogP) is 4.64. The van der Waals surface area contributed by atoms with Crippen LogP contribution in [0.3, 0.4) is 0 Å². The first kappa shape index (κ1) is 20.1. The minimum atomic E-state index is -0.975. The van der Waals surface area contributed by atoms with Gasteiger partial charge in [-0.15, -0.1) is 0 Å². The molecular weight excluding hydrogens is 377 g/mol. The molecule has 0 aliphatic heterocycles. The van der Waals surface area contributed by atoms with E-state index in [9.17, 15) is 9.59 Å². The first-order chi connectivity index (χ1) is 12.3. The van der Waals surface area contributed by atoms with Crippen molar-refractivity contribution in [1.82, 2.24) is 0 Å². The molecule has 0 saturated carbocycles. The van der Waals surface area contributed by atoms with Crippen LogP contribution in [0.15, 0.2) is 42.5 Å². The van der Waals surface area contributed by atoms with Crippen LogP contribution in [0.25, 0.3) is 0 Å². The zero-order valence-electron chi connectivity index (χ0n) is 14.4. The van der Waals surface area contributed by atoms with Gasteiger partial charge < -0.3 is 14.8 Å². The van der Waals surface area contributed by atoms with Crippen molar-refractivity contribution < 1.29 is 19.1 Å². The topological polar surface area (TPSA) is 64.6 Å². The lowest BCUT2D eigenvalue weighted by Gasteiger charge is -2.14. The van der Waals surface area contributed by atoms with Crippen molar-refractivity contribution in [3.8, 4) is 5.75 Å². The van der Waals surface area contributed by atoms with Crippen LogP contribution in [0.2, 0.25) is 10.0 Å². The van der Waals surface area contributed by atoms with Crippen molar-refractivity contribution in [3.63, 3.8) is 0 Å². The van der Waals surface area contributed by atoms with E-state index in [0.717, 1.165) is 5.56 Å². The SMILES string of the molecule is Cc1cccc(OCCC(=O)OC(C)C(=O)Nc2cc(Cl)ccc2Cl)c1. The predicted molar refractivity (Wildman–Crippen MR) is 102 cm³/mol. The molecule has 0 aliphatic rings. The third kappa shape index (κ3) is 6.24. The third-order valence-corrected chi connectivity index (χ3v) is 3.99. The van der Waals surface area contributed by atoms with Gasteiger partial charge in [0.15, 0.2) is 6.10 Å². The van der Waals surface area contributed by atoms with Gasteiger partial charge >= 0.3 is 5.97 Å². The van der Waals surface area contributed by atoms with Gasteiger partial charge in [-0.2, -0.15) is 0 Å². The number of aryl methyl sites for hydroxylation is 1. The van der Waals surface area contributed by atoms with E-state index in [2.05, 4.69) is 5.32 Å². The number of rotatable bonds is 7.